The second-order valence-corrected chi connectivity index (χ2v) is 12.2. The lowest BCUT2D eigenvalue weighted by Crippen LogP contribution is -2.57. The number of hydrogen-bond acceptors (Lipinski definition) is 7. The van der Waals surface area contributed by atoms with Crippen LogP contribution >= 0.6 is 11.6 Å². The maximum absolute atomic E-state index is 16.8. The number of benzene rings is 2. The Morgan fingerprint density at radius 3 is 2.73 bits per heavy atom. The molecule has 0 radical (unpaired) electrons. The van der Waals surface area contributed by atoms with E-state index in [0.29, 0.717) is 58.8 Å². The summed E-state index contributed by atoms with van der Waals surface area (Å²) >= 11 is 6.86. The van der Waals surface area contributed by atoms with Gasteiger partial charge < -0.3 is 19.3 Å². The van der Waals surface area contributed by atoms with Gasteiger partial charge in [-0.05, 0) is 63.2 Å². The van der Waals surface area contributed by atoms with Crippen molar-refractivity contribution in [3.05, 3.63) is 65.2 Å². The predicted molar refractivity (Wildman–Crippen MR) is 169 cm³/mol. The summed E-state index contributed by atoms with van der Waals surface area (Å²) < 4.78 is 18.8. The normalized spacial score (nSPS) is 18.8. The van der Waals surface area contributed by atoms with Crippen LogP contribution in [0.15, 0.2) is 43.2 Å². The Bertz CT molecular complexity index is 1900. The van der Waals surface area contributed by atoms with E-state index in [0.717, 1.165) is 18.6 Å². The summed E-state index contributed by atoms with van der Waals surface area (Å²) in [5.74, 6) is -0.145. The fraction of sp³-hybridized carbons (Fsp3) is 0.364. The highest BCUT2D eigenvalue weighted by Gasteiger charge is 2.35. The standard InChI is InChI=1S/C33H32ClFN8O/c1-5-27(44)42-12-10-22(13-21(42)9-11-36)43-18-38-31-32(43)25-14-26(34)28(24-8-6-7-20(15-37)19(24)2)29(35)30(25)39-33(31)41-16-23(17-41)40(3)4/h5-8,14,18,21-23H,1,9-10,12-13,16-17H2,2-4H3. The molecule has 9 nitrogen and oxygen atoms in total. The number of likely N-dealkylation sites (tertiary alicyclic amines) is 1. The quantitative estimate of drug-likeness (QED) is 0.261. The largest absolute Gasteiger partial charge is 0.351 e. The number of imidazole rings is 1. The van der Waals surface area contributed by atoms with Crippen LogP contribution in [-0.4, -0.2) is 76.1 Å². The molecule has 2 aliphatic heterocycles. The van der Waals surface area contributed by atoms with Gasteiger partial charge in [0.1, 0.15) is 11.0 Å². The second-order valence-electron chi connectivity index (χ2n) is 11.8. The van der Waals surface area contributed by atoms with Gasteiger partial charge in [-0.1, -0.05) is 30.3 Å². The number of piperidine rings is 1. The van der Waals surface area contributed by atoms with Gasteiger partial charge >= 0.3 is 0 Å². The Hall–Kier alpha value is -4.51. The van der Waals surface area contributed by atoms with Crippen molar-refractivity contribution in [1.29, 1.82) is 10.5 Å². The van der Waals surface area contributed by atoms with Crippen molar-refractivity contribution >= 4 is 45.3 Å². The van der Waals surface area contributed by atoms with Crippen molar-refractivity contribution in [3.63, 3.8) is 0 Å². The van der Waals surface area contributed by atoms with Gasteiger partial charge in [0.05, 0.1) is 41.0 Å². The molecule has 2 saturated heterocycles. The Morgan fingerprint density at radius 1 is 1.27 bits per heavy atom. The molecule has 2 aliphatic rings. The zero-order valence-corrected chi connectivity index (χ0v) is 25.6. The molecule has 0 spiro atoms. The number of halogens is 2. The number of aromatic nitrogens is 3. The maximum atomic E-state index is 16.8. The molecule has 2 fully saturated rings. The lowest BCUT2D eigenvalue weighted by Gasteiger charge is -2.43. The van der Waals surface area contributed by atoms with Gasteiger partial charge in [0.25, 0.3) is 0 Å². The smallest absolute Gasteiger partial charge is 0.246 e. The van der Waals surface area contributed by atoms with Crippen LogP contribution in [0.2, 0.25) is 5.02 Å². The number of carbonyl (C=O) groups excluding carboxylic acids is 1. The van der Waals surface area contributed by atoms with Gasteiger partial charge in [-0.3, -0.25) is 4.79 Å². The Labute approximate surface area is 260 Å². The first-order chi connectivity index (χ1) is 21.2. The number of anilines is 1. The fourth-order valence-corrected chi connectivity index (χ4v) is 6.86. The number of hydrogen-bond donors (Lipinski definition) is 0. The number of pyridine rings is 1. The van der Waals surface area contributed by atoms with Gasteiger partial charge in [0, 0.05) is 48.7 Å². The first-order valence-electron chi connectivity index (χ1n) is 14.6. The van der Waals surface area contributed by atoms with Crippen molar-refractivity contribution in [2.75, 3.05) is 38.6 Å². The zero-order valence-electron chi connectivity index (χ0n) is 24.9. The van der Waals surface area contributed by atoms with Gasteiger partial charge in [0.15, 0.2) is 11.6 Å². The highest BCUT2D eigenvalue weighted by Crippen LogP contribution is 2.43. The monoisotopic (exact) mass is 610 g/mol. The van der Waals surface area contributed by atoms with E-state index in [4.69, 9.17) is 21.6 Å². The number of nitriles is 2. The lowest BCUT2D eigenvalue weighted by atomic mass is 9.93. The minimum atomic E-state index is -0.556. The molecule has 44 heavy (non-hydrogen) atoms. The Balaban J connectivity index is 1.55. The van der Waals surface area contributed by atoms with Gasteiger partial charge in [-0.25, -0.2) is 14.4 Å². The topological polar surface area (TPSA) is 105 Å². The molecule has 6 rings (SSSR count). The van der Waals surface area contributed by atoms with E-state index < -0.39 is 5.82 Å². The van der Waals surface area contributed by atoms with Crippen LogP contribution in [-0.2, 0) is 4.79 Å². The molecule has 2 aromatic heterocycles. The first kappa shape index (κ1) is 29.6. The van der Waals surface area contributed by atoms with Crippen LogP contribution in [0.25, 0.3) is 33.1 Å². The number of nitrogens with zero attached hydrogens (tertiary/aromatic N) is 8. The molecule has 2 aromatic carbocycles. The van der Waals surface area contributed by atoms with Gasteiger partial charge in [0.2, 0.25) is 5.91 Å². The molecule has 2 unspecified atom stereocenters. The number of amides is 1. The summed E-state index contributed by atoms with van der Waals surface area (Å²) in [4.78, 5) is 28.2. The molecular weight excluding hydrogens is 579 g/mol. The van der Waals surface area contributed by atoms with E-state index in [9.17, 15) is 15.3 Å². The van der Waals surface area contributed by atoms with Crippen molar-refractivity contribution in [3.8, 4) is 23.3 Å². The third-order valence-corrected chi connectivity index (χ3v) is 9.45. The molecule has 224 valence electrons. The molecule has 0 bridgehead atoms. The summed E-state index contributed by atoms with van der Waals surface area (Å²) in [6, 6.07) is 11.3. The first-order valence-corrected chi connectivity index (χ1v) is 15.0. The van der Waals surface area contributed by atoms with Gasteiger partial charge in [-0.2, -0.15) is 10.5 Å². The molecule has 0 aliphatic carbocycles. The number of carbonyl (C=O) groups is 1. The Morgan fingerprint density at radius 2 is 2.05 bits per heavy atom. The molecule has 11 heteroatoms. The average Bonchev–Trinajstić information content (AvgIpc) is 3.43. The second kappa shape index (κ2) is 11.5. The predicted octanol–water partition coefficient (Wildman–Crippen LogP) is 5.61. The zero-order chi connectivity index (χ0) is 31.3. The van der Waals surface area contributed by atoms with Crippen molar-refractivity contribution in [2.24, 2.45) is 0 Å². The molecule has 0 saturated carbocycles. The summed E-state index contributed by atoms with van der Waals surface area (Å²) in [6.07, 6.45) is 4.41. The van der Waals surface area contributed by atoms with E-state index >= 15 is 4.39 Å². The van der Waals surface area contributed by atoms with E-state index in [2.05, 4.69) is 28.5 Å². The van der Waals surface area contributed by atoms with Crippen molar-refractivity contribution in [2.45, 2.75) is 44.3 Å². The number of fused-ring (bicyclic) bond motifs is 3. The summed E-state index contributed by atoms with van der Waals surface area (Å²) in [7, 11) is 4.07. The highest BCUT2D eigenvalue weighted by molar-refractivity contribution is 6.35. The van der Waals surface area contributed by atoms with E-state index in [1.54, 1.807) is 42.4 Å². The van der Waals surface area contributed by atoms with Crippen molar-refractivity contribution < 1.29 is 9.18 Å². The minimum absolute atomic E-state index is 0.0901. The molecule has 2 atom stereocenters. The van der Waals surface area contributed by atoms with Crippen LogP contribution in [0.5, 0.6) is 0 Å². The summed E-state index contributed by atoms with van der Waals surface area (Å²) in [5.41, 5.74) is 3.39. The number of rotatable bonds is 6. The van der Waals surface area contributed by atoms with Crippen molar-refractivity contribution in [1.82, 2.24) is 24.3 Å². The van der Waals surface area contributed by atoms with E-state index in [1.807, 2.05) is 18.7 Å². The highest BCUT2D eigenvalue weighted by atomic mass is 35.5. The lowest BCUT2D eigenvalue weighted by molar-refractivity contribution is -0.130. The maximum Gasteiger partial charge on any atom is 0.246 e. The van der Waals surface area contributed by atoms with Crippen LogP contribution in [0.3, 0.4) is 0 Å². The van der Waals surface area contributed by atoms with Crippen LogP contribution in [0.4, 0.5) is 10.2 Å². The van der Waals surface area contributed by atoms with E-state index in [-0.39, 0.29) is 40.5 Å². The minimum Gasteiger partial charge on any atom is -0.351 e. The van der Waals surface area contributed by atoms with Crippen LogP contribution < -0.4 is 4.90 Å². The summed E-state index contributed by atoms with van der Waals surface area (Å²) in [5, 5.41) is 19.9. The van der Waals surface area contributed by atoms with Crippen LogP contribution in [0.1, 0.15) is 36.4 Å². The third kappa shape index (κ3) is 4.75. The Kier molecular flexibility index (Phi) is 7.75. The average molecular weight is 611 g/mol. The number of likely N-dealkylation sites (N-methyl/N-ethyl adjacent to an activating group) is 1. The van der Waals surface area contributed by atoms with E-state index in [1.165, 1.54) is 6.08 Å². The molecule has 4 heterocycles. The fourth-order valence-electron chi connectivity index (χ4n) is 6.56. The van der Waals surface area contributed by atoms with Crippen LogP contribution in [0, 0.1) is 35.4 Å². The molecule has 4 aromatic rings. The third-order valence-electron chi connectivity index (χ3n) is 9.15. The van der Waals surface area contributed by atoms with Gasteiger partial charge in [-0.15, -0.1) is 0 Å². The molecule has 1 amide bonds. The summed E-state index contributed by atoms with van der Waals surface area (Å²) in [6.45, 7) is 7.32. The SMILES string of the molecule is C=CC(=O)N1CCC(n2cnc3c(N4CC(N(C)C)C4)nc4c(F)c(-c5cccc(C#N)c5C)c(Cl)cc4c32)CC1CC#N. The molecule has 0 N–H and O–H groups in total. The molecular formula is C33H32ClFN8O.